The van der Waals surface area contributed by atoms with Crippen molar-refractivity contribution in [2.75, 3.05) is 13.1 Å². The van der Waals surface area contributed by atoms with Crippen LogP contribution in [-0.4, -0.2) is 44.3 Å². The van der Waals surface area contributed by atoms with E-state index in [1.54, 1.807) is 17.7 Å². The maximum absolute atomic E-state index is 3.99. The number of unbranched alkanes of at least 4 members (excludes halogenated alkanes) is 3. The molecule has 0 aromatic rings. The zero-order chi connectivity index (χ0) is 18.5. The normalized spacial score (nSPS) is 12.8. The number of hydrogen-bond donors (Lipinski definition) is 0. The molecule has 0 aromatic heterocycles. The molecule has 24 heavy (non-hydrogen) atoms. The quantitative estimate of drug-likeness (QED) is 0.170. The van der Waals surface area contributed by atoms with Gasteiger partial charge < -0.3 is 0 Å². The Hall–Kier alpha value is 0.716. The Morgan fingerprint density at radius 2 is 1.21 bits per heavy atom. The summed E-state index contributed by atoms with van der Waals surface area (Å²) in [6, 6.07) is 0. The van der Waals surface area contributed by atoms with E-state index >= 15 is 0 Å². The van der Waals surface area contributed by atoms with Crippen molar-refractivity contribution < 1.29 is 0 Å². The van der Waals surface area contributed by atoms with Gasteiger partial charge in [0.25, 0.3) is 0 Å². The van der Waals surface area contributed by atoms with E-state index in [2.05, 4.69) is 57.6 Å². The molecule has 0 saturated heterocycles. The molecule has 144 valence electrons. The number of nitrogens with zero attached hydrogens (tertiary/aromatic N) is 1. The van der Waals surface area contributed by atoms with Gasteiger partial charge in [-0.25, -0.2) is 0 Å². The summed E-state index contributed by atoms with van der Waals surface area (Å²) in [6.07, 6.45) is 12.3. The molecule has 0 saturated carbocycles. The zero-order valence-corrected chi connectivity index (χ0v) is 21.8. The van der Waals surface area contributed by atoms with E-state index in [-0.39, 0.29) is 0 Å². The molecule has 0 radical (unpaired) electrons. The minimum atomic E-state index is -1.90. The third-order valence-corrected chi connectivity index (χ3v) is 24.1. The third-order valence-electron chi connectivity index (χ3n) is 5.62. The van der Waals surface area contributed by atoms with Crippen molar-refractivity contribution in [1.29, 1.82) is 0 Å². The van der Waals surface area contributed by atoms with Crippen LogP contribution in [0.3, 0.4) is 0 Å². The first-order valence-electron chi connectivity index (χ1n) is 10.7. The topological polar surface area (TPSA) is 3.24 Å². The van der Waals surface area contributed by atoms with Gasteiger partial charge in [-0.1, -0.05) is 0 Å². The van der Waals surface area contributed by atoms with Gasteiger partial charge in [0, 0.05) is 0 Å². The second-order valence-corrected chi connectivity index (χ2v) is 28.1. The van der Waals surface area contributed by atoms with Gasteiger partial charge in [-0.15, -0.1) is 0 Å². The van der Waals surface area contributed by atoms with Crippen LogP contribution >= 0.6 is 0 Å². The van der Waals surface area contributed by atoms with Crippen LogP contribution in [0.5, 0.6) is 0 Å². The van der Waals surface area contributed by atoms with Crippen LogP contribution in [-0.2, 0) is 0 Å². The second kappa shape index (κ2) is 13.9. The summed E-state index contributed by atoms with van der Waals surface area (Å²) in [6.45, 7) is 21.0. The predicted octanol–water partition coefficient (Wildman–Crippen LogP) is 7.55. The van der Waals surface area contributed by atoms with E-state index in [4.69, 9.17) is 0 Å². The summed E-state index contributed by atoms with van der Waals surface area (Å²) in [7, 11) is -1.19. The van der Waals surface area contributed by atoms with Crippen LogP contribution in [0.4, 0.5) is 0 Å². The van der Waals surface area contributed by atoms with Crippen molar-refractivity contribution in [3.63, 3.8) is 0 Å². The molecule has 0 rings (SSSR count). The zero-order valence-electron chi connectivity index (χ0n) is 17.9. The first-order chi connectivity index (χ1) is 11.3. The van der Waals surface area contributed by atoms with Crippen LogP contribution in [0.15, 0.2) is 12.7 Å². The molecule has 0 atom stereocenters. The van der Waals surface area contributed by atoms with Crippen LogP contribution in [0.2, 0.25) is 37.4 Å². The van der Waals surface area contributed by atoms with Crippen molar-refractivity contribution in [3.05, 3.63) is 12.7 Å². The van der Waals surface area contributed by atoms with Crippen LogP contribution in [0.1, 0.15) is 65.7 Å². The molecule has 0 aliphatic rings. The summed E-state index contributed by atoms with van der Waals surface area (Å²) >= 11 is -1.90. The SMILES string of the molecule is C=CCN(CC[CH2][Sn]([CH2]CCC)([CH2]CCC)[CH2]CCC)[Si](C)(C)C. The number of hydrogen-bond acceptors (Lipinski definition) is 1. The van der Waals surface area contributed by atoms with Gasteiger partial charge >= 0.3 is 160 Å². The van der Waals surface area contributed by atoms with E-state index in [1.165, 1.54) is 51.5 Å². The molecular weight excluding hydrogens is 413 g/mol. The molecule has 0 heterocycles. The molecule has 0 bridgehead atoms. The van der Waals surface area contributed by atoms with Crippen molar-refractivity contribution >= 4 is 26.6 Å². The van der Waals surface area contributed by atoms with E-state index in [0.717, 1.165) is 6.54 Å². The average molecular weight is 460 g/mol. The van der Waals surface area contributed by atoms with Gasteiger partial charge in [0.1, 0.15) is 0 Å². The van der Waals surface area contributed by atoms with Gasteiger partial charge in [-0.3, -0.25) is 0 Å². The molecule has 0 aromatic carbocycles. The summed E-state index contributed by atoms with van der Waals surface area (Å²) in [5.41, 5.74) is 0. The molecule has 0 spiro atoms. The van der Waals surface area contributed by atoms with Gasteiger partial charge in [0.05, 0.1) is 0 Å². The van der Waals surface area contributed by atoms with Crippen molar-refractivity contribution in [2.24, 2.45) is 0 Å². The van der Waals surface area contributed by atoms with Crippen LogP contribution in [0.25, 0.3) is 0 Å². The molecule has 0 unspecified atom stereocenters. The van der Waals surface area contributed by atoms with E-state index < -0.39 is 26.6 Å². The standard InChI is InChI=1S/C9H20NSi.3C4H9.Sn/c1-6-8-10(9-7-2)11(3,4)5;3*1-3-4-2;/h6H,1-2,7-9H2,3-5H3;3*1,3-4H2,2H3;. The molecule has 0 fully saturated rings. The van der Waals surface area contributed by atoms with Gasteiger partial charge in [-0.05, 0) is 0 Å². The monoisotopic (exact) mass is 461 g/mol. The molecule has 0 N–H and O–H groups in total. The fraction of sp³-hybridized carbons (Fsp3) is 0.905. The molecule has 3 heteroatoms. The predicted molar refractivity (Wildman–Crippen MR) is 119 cm³/mol. The first kappa shape index (κ1) is 24.7. The van der Waals surface area contributed by atoms with Crippen molar-refractivity contribution in [3.8, 4) is 0 Å². The summed E-state index contributed by atoms with van der Waals surface area (Å²) < 4.78 is 9.40. The van der Waals surface area contributed by atoms with Crippen LogP contribution < -0.4 is 0 Å². The van der Waals surface area contributed by atoms with Gasteiger partial charge in [0.15, 0.2) is 0 Å². The fourth-order valence-corrected chi connectivity index (χ4v) is 21.7. The van der Waals surface area contributed by atoms with Crippen molar-refractivity contribution in [2.45, 2.75) is 103 Å². The molecule has 1 nitrogen and oxygen atoms in total. The van der Waals surface area contributed by atoms with E-state index in [1.807, 2.05) is 0 Å². The first-order valence-corrected chi connectivity index (χ1v) is 22.2. The summed E-state index contributed by atoms with van der Waals surface area (Å²) in [4.78, 5) is 0. The Labute approximate surface area is 159 Å². The van der Waals surface area contributed by atoms with Gasteiger partial charge in [0.2, 0.25) is 0 Å². The fourth-order valence-electron chi connectivity index (χ4n) is 3.91. The summed E-state index contributed by atoms with van der Waals surface area (Å²) in [5, 5.41) is 0. The minimum absolute atomic E-state index is 1.09. The Bertz CT molecular complexity index is 290. The maximum atomic E-state index is 3.99. The van der Waals surface area contributed by atoms with Crippen LogP contribution in [0, 0.1) is 0 Å². The Kier molecular flexibility index (Phi) is 14.3. The molecule has 0 aliphatic heterocycles. The van der Waals surface area contributed by atoms with Crippen molar-refractivity contribution in [1.82, 2.24) is 4.57 Å². The van der Waals surface area contributed by atoms with E-state index in [9.17, 15) is 0 Å². The third kappa shape index (κ3) is 10.6. The second-order valence-electron chi connectivity index (χ2n) is 8.82. The Morgan fingerprint density at radius 3 is 1.54 bits per heavy atom. The Morgan fingerprint density at radius 1 is 0.792 bits per heavy atom. The molecule has 0 aliphatic carbocycles. The molecular formula is C21H47NSiSn. The average Bonchev–Trinajstić information content (AvgIpc) is 2.54. The molecule has 0 amide bonds. The van der Waals surface area contributed by atoms with E-state index in [0.29, 0.717) is 0 Å². The Balaban J connectivity index is 4.83. The summed E-state index contributed by atoms with van der Waals surface area (Å²) in [5.74, 6) is 0. The van der Waals surface area contributed by atoms with Gasteiger partial charge in [-0.2, -0.15) is 0 Å². The number of rotatable bonds is 16.